The van der Waals surface area contributed by atoms with Gasteiger partial charge in [0, 0.05) is 22.5 Å². The average Bonchev–Trinajstić information content (AvgIpc) is 3.09. The fourth-order valence-corrected chi connectivity index (χ4v) is 2.52. The van der Waals surface area contributed by atoms with E-state index in [0.717, 1.165) is 18.7 Å². The van der Waals surface area contributed by atoms with Crippen LogP contribution in [0.1, 0.15) is 24.6 Å². The second kappa shape index (κ2) is 5.17. The third-order valence-corrected chi connectivity index (χ3v) is 3.55. The van der Waals surface area contributed by atoms with E-state index in [1.165, 1.54) is 12.1 Å². The van der Waals surface area contributed by atoms with Crippen LogP contribution in [-0.4, -0.2) is 9.97 Å². The molecule has 0 bridgehead atoms. The molecule has 0 spiro atoms. The smallest absolute Gasteiger partial charge is 0.223 e. The van der Waals surface area contributed by atoms with Crippen LogP contribution >= 0.6 is 31.9 Å². The van der Waals surface area contributed by atoms with E-state index in [1.807, 2.05) is 0 Å². The number of rotatable bonds is 3. The van der Waals surface area contributed by atoms with Gasteiger partial charge in [0.15, 0.2) is 0 Å². The van der Waals surface area contributed by atoms with Crippen molar-refractivity contribution in [1.82, 2.24) is 9.97 Å². The van der Waals surface area contributed by atoms with Crippen molar-refractivity contribution in [3.05, 3.63) is 45.0 Å². The van der Waals surface area contributed by atoms with Crippen molar-refractivity contribution < 1.29 is 9.13 Å². The number of halogens is 3. The third-order valence-electron chi connectivity index (χ3n) is 2.69. The molecular formula is C13H9Br2FN2O. The Hall–Kier alpha value is -1.01. The Morgan fingerprint density at radius 3 is 2.58 bits per heavy atom. The number of hydrogen-bond acceptors (Lipinski definition) is 3. The van der Waals surface area contributed by atoms with Crippen LogP contribution in [0.5, 0.6) is 11.6 Å². The molecule has 0 saturated heterocycles. The van der Waals surface area contributed by atoms with Crippen molar-refractivity contribution in [1.29, 1.82) is 0 Å². The maximum absolute atomic E-state index is 13.3. The van der Waals surface area contributed by atoms with E-state index in [1.54, 1.807) is 12.1 Å². The summed E-state index contributed by atoms with van der Waals surface area (Å²) in [4.78, 5) is 8.66. The molecule has 1 aromatic heterocycles. The Labute approximate surface area is 126 Å². The number of hydrogen-bond donors (Lipinski definition) is 0. The lowest BCUT2D eigenvalue weighted by atomic mass is 10.3. The van der Waals surface area contributed by atoms with Gasteiger partial charge in [-0.2, -0.15) is 4.98 Å². The van der Waals surface area contributed by atoms with Crippen molar-refractivity contribution in [2.45, 2.75) is 18.8 Å². The van der Waals surface area contributed by atoms with Gasteiger partial charge in [-0.15, -0.1) is 0 Å². The fourth-order valence-electron chi connectivity index (χ4n) is 1.70. The molecule has 0 amide bonds. The van der Waals surface area contributed by atoms with Crippen molar-refractivity contribution in [2.24, 2.45) is 0 Å². The van der Waals surface area contributed by atoms with Crippen molar-refractivity contribution >= 4 is 31.9 Å². The summed E-state index contributed by atoms with van der Waals surface area (Å²) in [6.45, 7) is 0. The number of ether oxygens (including phenoxy) is 1. The maximum atomic E-state index is 13.3. The minimum Gasteiger partial charge on any atom is -0.439 e. The molecule has 6 heteroatoms. The van der Waals surface area contributed by atoms with E-state index in [0.29, 0.717) is 26.6 Å². The zero-order valence-corrected chi connectivity index (χ0v) is 12.9. The monoisotopic (exact) mass is 386 g/mol. The van der Waals surface area contributed by atoms with Crippen molar-refractivity contribution in [3.8, 4) is 11.6 Å². The minimum absolute atomic E-state index is 0.361. The molecule has 1 saturated carbocycles. The van der Waals surface area contributed by atoms with Crippen LogP contribution in [0.2, 0.25) is 0 Å². The summed E-state index contributed by atoms with van der Waals surface area (Å²) in [6, 6.07) is 6.05. The van der Waals surface area contributed by atoms with Crippen molar-refractivity contribution in [2.75, 3.05) is 0 Å². The fraction of sp³-hybridized carbons (Fsp3) is 0.231. The molecule has 3 rings (SSSR count). The van der Waals surface area contributed by atoms with Crippen LogP contribution in [0.3, 0.4) is 0 Å². The molecule has 0 aliphatic heterocycles. The average molecular weight is 388 g/mol. The molecule has 1 aromatic carbocycles. The number of benzene rings is 1. The zero-order chi connectivity index (χ0) is 13.4. The second-order valence-electron chi connectivity index (χ2n) is 4.37. The minimum atomic E-state index is -0.361. The van der Waals surface area contributed by atoms with Gasteiger partial charge in [0.05, 0.1) is 0 Å². The molecule has 2 aromatic rings. The van der Waals surface area contributed by atoms with Gasteiger partial charge in [0.25, 0.3) is 0 Å². The number of aromatic nitrogens is 2. The van der Waals surface area contributed by atoms with E-state index in [2.05, 4.69) is 41.8 Å². The predicted molar refractivity (Wildman–Crippen MR) is 75.9 cm³/mol. The maximum Gasteiger partial charge on any atom is 0.223 e. The summed E-state index contributed by atoms with van der Waals surface area (Å²) < 4.78 is 20.2. The van der Waals surface area contributed by atoms with Gasteiger partial charge >= 0.3 is 0 Å². The van der Waals surface area contributed by atoms with Crippen molar-refractivity contribution in [3.63, 3.8) is 0 Å². The lowest BCUT2D eigenvalue weighted by Crippen LogP contribution is -1.96. The first kappa shape index (κ1) is 13.0. The standard InChI is InChI=1S/C13H9Br2FN2O/c14-8-3-9(16)5-10(4-8)19-12-6-11(15)17-13(18-12)7-1-2-7/h3-7H,1-2H2. The molecule has 0 atom stereocenters. The van der Waals surface area contributed by atoms with Gasteiger partial charge < -0.3 is 4.74 Å². The normalized spacial score (nSPS) is 14.5. The molecule has 3 nitrogen and oxygen atoms in total. The van der Waals surface area contributed by atoms with E-state index in [4.69, 9.17) is 4.74 Å². The molecular weight excluding hydrogens is 379 g/mol. The zero-order valence-electron chi connectivity index (χ0n) is 9.74. The SMILES string of the molecule is Fc1cc(Br)cc(Oc2cc(Br)nc(C3CC3)n2)c1. The highest BCUT2D eigenvalue weighted by molar-refractivity contribution is 9.10. The van der Waals surface area contributed by atoms with Gasteiger partial charge in [-0.1, -0.05) is 15.9 Å². The van der Waals surface area contributed by atoms with Crippen LogP contribution in [-0.2, 0) is 0 Å². The Kier molecular flexibility index (Phi) is 3.54. The molecule has 19 heavy (non-hydrogen) atoms. The third kappa shape index (κ3) is 3.30. The predicted octanol–water partition coefficient (Wildman–Crippen LogP) is 4.81. The van der Waals surface area contributed by atoms with Gasteiger partial charge in [-0.25, -0.2) is 9.37 Å². The molecule has 0 radical (unpaired) electrons. The molecule has 98 valence electrons. The Morgan fingerprint density at radius 2 is 1.89 bits per heavy atom. The lowest BCUT2D eigenvalue weighted by molar-refractivity contribution is 0.453. The van der Waals surface area contributed by atoms with Crippen LogP contribution in [0.4, 0.5) is 4.39 Å². The summed E-state index contributed by atoms with van der Waals surface area (Å²) in [5, 5.41) is 0. The summed E-state index contributed by atoms with van der Waals surface area (Å²) in [5.74, 6) is 1.67. The van der Waals surface area contributed by atoms with Gasteiger partial charge in [0.2, 0.25) is 5.88 Å². The second-order valence-corrected chi connectivity index (χ2v) is 6.10. The van der Waals surface area contributed by atoms with Gasteiger partial charge in [-0.05, 0) is 40.9 Å². The first-order valence-corrected chi connectivity index (χ1v) is 7.37. The molecule has 1 heterocycles. The highest BCUT2D eigenvalue weighted by Gasteiger charge is 2.27. The molecule has 1 fully saturated rings. The van der Waals surface area contributed by atoms with E-state index in [9.17, 15) is 4.39 Å². The van der Waals surface area contributed by atoms with E-state index >= 15 is 0 Å². The molecule has 1 aliphatic rings. The summed E-state index contributed by atoms with van der Waals surface area (Å²) in [7, 11) is 0. The van der Waals surface area contributed by atoms with E-state index < -0.39 is 0 Å². The first-order valence-electron chi connectivity index (χ1n) is 5.78. The summed E-state index contributed by atoms with van der Waals surface area (Å²) >= 11 is 6.56. The van der Waals surface area contributed by atoms with Crippen LogP contribution in [0, 0.1) is 5.82 Å². The number of nitrogens with zero attached hydrogens (tertiary/aromatic N) is 2. The van der Waals surface area contributed by atoms with Gasteiger partial charge in [0.1, 0.15) is 22.0 Å². The highest BCUT2D eigenvalue weighted by atomic mass is 79.9. The largest absolute Gasteiger partial charge is 0.439 e. The topological polar surface area (TPSA) is 35.0 Å². The van der Waals surface area contributed by atoms with Crippen LogP contribution in [0.25, 0.3) is 0 Å². The van der Waals surface area contributed by atoms with E-state index in [-0.39, 0.29) is 5.82 Å². The Balaban J connectivity index is 1.89. The van der Waals surface area contributed by atoms with Crippen LogP contribution in [0.15, 0.2) is 33.3 Å². The van der Waals surface area contributed by atoms with Gasteiger partial charge in [-0.3, -0.25) is 0 Å². The molecule has 0 N–H and O–H groups in total. The molecule has 1 aliphatic carbocycles. The first-order chi connectivity index (χ1) is 9.10. The Bertz CT molecular complexity index is 612. The lowest BCUT2D eigenvalue weighted by Gasteiger charge is -2.07. The van der Waals surface area contributed by atoms with Crippen LogP contribution < -0.4 is 4.74 Å². The summed E-state index contributed by atoms with van der Waals surface area (Å²) in [5.41, 5.74) is 0. The molecule has 0 unspecified atom stereocenters. The Morgan fingerprint density at radius 1 is 1.11 bits per heavy atom. The quantitative estimate of drug-likeness (QED) is 0.709. The highest BCUT2D eigenvalue weighted by Crippen LogP contribution is 2.39. The summed E-state index contributed by atoms with van der Waals surface area (Å²) in [6.07, 6.45) is 2.23.